The molecule has 1 aromatic carbocycles. The fourth-order valence-electron chi connectivity index (χ4n) is 3.12. The minimum Gasteiger partial charge on any atom is -0.508 e. The molecule has 2 heterocycles. The normalized spacial score (nSPS) is 21.5. The number of esters is 1. The predicted octanol–water partition coefficient (Wildman–Crippen LogP) is -0.772. The van der Waals surface area contributed by atoms with Crippen molar-refractivity contribution in [3.05, 3.63) is 29.5 Å². The highest BCUT2D eigenvalue weighted by Crippen LogP contribution is 2.29. The summed E-state index contributed by atoms with van der Waals surface area (Å²) in [4.78, 5) is 15.3. The molecule has 1 aliphatic rings. The van der Waals surface area contributed by atoms with E-state index in [9.17, 15) is 9.90 Å². The van der Waals surface area contributed by atoms with Crippen molar-refractivity contribution in [2.45, 2.75) is 13.5 Å². The molecule has 2 aromatic rings. The summed E-state index contributed by atoms with van der Waals surface area (Å²) in [5.74, 6) is 0.385. The second kappa shape index (κ2) is 6.60. The van der Waals surface area contributed by atoms with Crippen LogP contribution in [0, 0.1) is 0 Å². The molecule has 0 radical (unpaired) electrons. The van der Waals surface area contributed by atoms with Gasteiger partial charge < -0.3 is 24.1 Å². The van der Waals surface area contributed by atoms with E-state index < -0.39 is 0 Å². The fraction of sp³-hybridized carbons (Fsp3) is 0.471. The topological polar surface area (TPSA) is 68.5 Å². The summed E-state index contributed by atoms with van der Waals surface area (Å²) in [6, 6.07) is 4.83. The van der Waals surface area contributed by atoms with Crippen LogP contribution in [0.1, 0.15) is 23.0 Å². The second-order valence-corrected chi connectivity index (χ2v) is 6.19. The Bertz CT molecular complexity index is 702. The molecule has 0 bridgehead atoms. The molecular formula is C17H24N2O4+2. The van der Waals surface area contributed by atoms with Crippen molar-refractivity contribution in [3.8, 4) is 5.75 Å². The van der Waals surface area contributed by atoms with Gasteiger partial charge in [-0.2, -0.15) is 0 Å². The minimum atomic E-state index is -0.383. The van der Waals surface area contributed by atoms with E-state index in [1.807, 2.05) is 0 Å². The number of hydrogen-bond donors (Lipinski definition) is 3. The Morgan fingerprint density at radius 2 is 2.04 bits per heavy atom. The van der Waals surface area contributed by atoms with Gasteiger partial charge in [-0.25, -0.2) is 4.79 Å². The van der Waals surface area contributed by atoms with Crippen LogP contribution in [-0.4, -0.2) is 50.9 Å². The van der Waals surface area contributed by atoms with E-state index in [1.165, 1.54) is 9.80 Å². The van der Waals surface area contributed by atoms with Gasteiger partial charge in [0.25, 0.3) is 0 Å². The van der Waals surface area contributed by atoms with Gasteiger partial charge in [0.15, 0.2) is 5.76 Å². The van der Waals surface area contributed by atoms with Crippen LogP contribution in [-0.2, 0) is 11.3 Å². The van der Waals surface area contributed by atoms with Crippen molar-refractivity contribution in [2.75, 3.05) is 39.8 Å². The Balaban J connectivity index is 1.94. The first-order valence-electron chi connectivity index (χ1n) is 8.15. The maximum Gasteiger partial charge on any atom is 0.342 e. The second-order valence-electron chi connectivity index (χ2n) is 6.19. The lowest BCUT2D eigenvalue weighted by molar-refractivity contribution is -1.01. The standard InChI is InChI=1S/C17H22N2O4/c1-3-22-17(21)16-13-10-12(20)4-5-14(13)23-15(16)11-19-8-6-18(2)7-9-19/h4-5,10,20H,3,6-9,11H2,1-2H3/p+2. The highest BCUT2D eigenvalue weighted by atomic mass is 16.5. The zero-order valence-corrected chi connectivity index (χ0v) is 13.6. The van der Waals surface area contributed by atoms with Crippen LogP contribution in [0.3, 0.4) is 0 Å². The quantitative estimate of drug-likeness (QED) is 0.647. The number of nitrogens with one attached hydrogen (secondary N) is 2. The van der Waals surface area contributed by atoms with Gasteiger partial charge >= 0.3 is 5.97 Å². The molecule has 124 valence electrons. The summed E-state index contributed by atoms with van der Waals surface area (Å²) in [5, 5.41) is 10.3. The zero-order valence-electron chi connectivity index (χ0n) is 13.6. The largest absolute Gasteiger partial charge is 0.508 e. The van der Waals surface area contributed by atoms with E-state index in [2.05, 4.69) is 7.05 Å². The summed E-state index contributed by atoms with van der Waals surface area (Å²) in [7, 11) is 2.20. The molecule has 0 spiro atoms. The number of furan rings is 1. The van der Waals surface area contributed by atoms with Crippen LogP contribution >= 0.6 is 0 Å². The summed E-state index contributed by atoms with van der Waals surface area (Å²) in [5.41, 5.74) is 1.07. The molecule has 3 N–H and O–H groups in total. The molecular weight excluding hydrogens is 296 g/mol. The zero-order chi connectivity index (χ0) is 16.4. The molecule has 1 saturated heterocycles. The number of fused-ring (bicyclic) bond motifs is 1. The van der Waals surface area contributed by atoms with Crippen molar-refractivity contribution in [1.29, 1.82) is 0 Å². The third kappa shape index (κ3) is 3.33. The number of carbonyl (C=O) groups excluding carboxylic acids is 1. The highest BCUT2D eigenvalue weighted by Gasteiger charge is 2.28. The predicted molar refractivity (Wildman–Crippen MR) is 84.9 cm³/mol. The third-order valence-corrected chi connectivity index (χ3v) is 4.45. The van der Waals surface area contributed by atoms with E-state index in [4.69, 9.17) is 9.15 Å². The van der Waals surface area contributed by atoms with Crippen molar-refractivity contribution in [3.63, 3.8) is 0 Å². The number of ether oxygens (including phenoxy) is 1. The first-order chi connectivity index (χ1) is 11.1. The van der Waals surface area contributed by atoms with Gasteiger partial charge in [0.1, 0.15) is 49.6 Å². The maximum absolute atomic E-state index is 12.4. The summed E-state index contributed by atoms with van der Waals surface area (Å²) in [6.45, 7) is 7.10. The van der Waals surface area contributed by atoms with E-state index in [1.54, 1.807) is 25.1 Å². The molecule has 23 heavy (non-hydrogen) atoms. The Hall–Kier alpha value is -2.05. The lowest BCUT2D eigenvalue weighted by atomic mass is 10.1. The lowest BCUT2D eigenvalue weighted by Crippen LogP contribution is -3.26. The summed E-state index contributed by atoms with van der Waals surface area (Å²) in [6.07, 6.45) is 0. The minimum absolute atomic E-state index is 0.117. The lowest BCUT2D eigenvalue weighted by Gasteiger charge is -2.26. The number of phenols is 1. The van der Waals surface area contributed by atoms with E-state index in [-0.39, 0.29) is 11.7 Å². The molecule has 0 atom stereocenters. The number of benzene rings is 1. The number of quaternary nitrogens is 2. The number of likely N-dealkylation sites (N-methyl/N-ethyl adjacent to an activating group) is 1. The first-order valence-corrected chi connectivity index (χ1v) is 8.15. The van der Waals surface area contributed by atoms with Crippen LogP contribution in [0.25, 0.3) is 11.0 Å². The van der Waals surface area contributed by atoms with Crippen molar-refractivity contribution < 1.29 is 28.9 Å². The van der Waals surface area contributed by atoms with Crippen LogP contribution in [0.15, 0.2) is 22.6 Å². The molecule has 1 aromatic heterocycles. The van der Waals surface area contributed by atoms with Gasteiger partial charge in [-0.3, -0.25) is 0 Å². The van der Waals surface area contributed by atoms with E-state index in [0.717, 1.165) is 26.2 Å². The Labute approximate surface area is 135 Å². The molecule has 1 aliphatic heterocycles. The highest BCUT2D eigenvalue weighted by molar-refractivity contribution is 6.04. The molecule has 0 aliphatic carbocycles. The van der Waals surface area contributed by atoms with Crippen molar-refractivity contribution in [1.82, 2.24) is 0 Å². The fourth-order valence-corrected chi connectivity index (χ4v) is 3.12. The van der Waals surface area contributed by atoms with Crippen LogP contribution < -0.4 is 9.80 Å². The van der Waals surface area contributed by atoms with Gasteiger partial charge in [0.05, 0.1) is 13.7 Å². The number of aromatic hydroxyl groups is 1. The van der Waals surface area contributed by atoms with Gasteiger partial charge in [0, 0.05) is 5.39 Å². The molecule has 6 nitrogen and oxygen atoms in total. The molecule has 0 unspecified atom stereocenters. The number of carbonyl (C=O) groups is 1. The molecule has 0 saturated carbocycles. The molecule has 0 amide bonds. The van der Waals surface area contributed by atoms with E-state index in [0.29, 0.717) is 35.4 Å². The molecule has 1 fully saturated rings. The van der Waals surface area contributed by atoms with Crippen LogP contribution in [0.4, 0.5) is 0 Å². The average molecular weight is 320 g/mol. The summed E-state index contributed by atoms with van der Waals surface area (Å²) < 4.78 is 11.1. The Morgan fingerprint density at radius 3 is 2.74 bits per heavy atom. The Morgan fingerprint density at radius 1 is 1.30 bits per heavy atom. The Kier molecular flexibility index (Phi) is 4.54. The maximum atomic E-state index is 12.4. The number of piperazine rings is 1. The average Bonchev–Trinajstić information content (AvgIpc) is 2.87. The SMILES string of the molecule is CCOC(=O)c1c(C[NH+]2CC[NH+](C)CC2)oc2ccc(O)cc12. The molecule has 6 heteroatoms. The first kappa shape index (κ1) is 15.8. The van der Waals surface area contributed by atoms with E-state index >= 15 is 0 Å². The number of rotatable bonds is 4. The van der Waals surface area contributed by atoms with Crippen molar-refractivity contribution in [2.24, 2.45) is 0 Å². The molecule has 3 rings (SSSR count). The third-order valence-electron chi connectivity index (χ3n) is 4.45. The number of hydrogen-bond acceptors (Lipinski definition) is 4. The monoisotopic (exact) mass is 320 g/mol. The number of phenolic OH excluding ortho intramolecular Hbond substituents is 1. The van der Waals surface area contributed by atoms with Crippen LogP contribution in [0.2, 0.25) is 0 Å². The van der Waals surface area contributed by atoms with Crippen LogP contribution in [0.5, 0.6) is 5.75 Å². The van der Waals surface area contributed by atoms with Gasteiger partial charge in [-0.1, -0.05) is 0 Å². The van der Waals surface area contributed by atoms with Gasteiger partial charge in [0.2, 0.25) is 0 Å². The van der Waals surface area contributed by atoms with Gasteiger partial charge in [-0.15, -0.1) is 0 Å². The smallest absolute Gasteiger partial charge is 0.342 e. The summed E-state index contributed by atoms with van der Waals surface area (Å²) >= 11 is 0. The van der Waals surface area contributed by atoms with Gasteiger partial charge in [-0.05, 0) is 25.1 Å². The van der Waals surface area contributed by atoms with Crippen molar-refractivity contribution >= 4 is 16.9 Å².